The second-order valence-corrected chi connectivity index (χ2v) is 13.5. The van der Waals surface area contributed by atoms with E-state index in [2.05, 4.69) is 217 Å². The Morgan fingerprint density at radius 2 is 1.00 bits per heavy atom. The maximum Gasteiger partial charge on any atom is 0.0541 e. The predicted octanol–water partition coefficient (Wildman–Crippen LogP) is 13.1. The normalized spacial score (nSPS) is 15.6. The third-order valence-corrected chi connectivity index (χ3v) is 10.3. The van der Waals surface area contributed by atoms with Crippen molar-refractivity contribution in [3.05, 3.63) is 211 Å². The van der Waals surface area contributed by atoms with E-state index in [4.69, 9.17) is 0 Å². The average molecular weight is 655 g/mol. The summed E-state index contributed by atoms with van der Waals surface area (Å²) in [6.45, 7) is 2.33. The molecule has 2 atom stereocenters. The zero-order valence-electron chi connectivity index (χ0n) is 28.6. The monoisotopic (exact) mass is 654 g/mol. The van der Waals surface area contributed by atoms with Crippen LogP contribution in [-0.2, 0) is 0 Å². The lowest BCUT2D eigenvalue weighted by molar-refractivity contribution is 0.628. The molecule has 0 saturated heterocycles. The number of hydrogen-bond donors (Lipinski definition) is 0. The van der Waals surface area contributed by atoms with Gasteiger partial charge in [0.15, 0.2) is 0 Å². The molecule has 1 heterocycles. The number of anilines is 2. The van der Waals surface area contributed by atoms with Crippen molar-refractivity contribution < 1.29 is 0 Å². The molecule has 51 heavy (non-hydrogen) atoms. The van der Waals surface area contributed by atoms with Gasteiger partial charge in [-0.1, -0.05) is 146 Å². The smallest absolute Gasteiger partial charge is 0.0541 e. The lowest BCUT2D eigenvalue weighted by Gasteiger charge is -2.31. The summed E-state index contributed by atoms with van der Waals surface area (Å²) in [7, 11) is 0. The highest BCUT2D eigenvalue weighted by atomic mass is 15.1. The van der Waals surface area contributed by atoms with E-state index in [1.807, 2.05) is 0 Å². The highest BCUT2D eigenvalue weighted by molar-refractivity contribution is 6.10. The van der Waals surface area contributed by atoms with Gasteiger partial charge < -0.3 is 9.47 Å². The van der Waals surface area contributed by atoms with Crippen LogP contribution in [0, 0.1) is 5.92 Å². The molecule has 1 aliphatic rings. The number of rotatable bonds is 7. The first-order chi connectivity index (χ1) is 25.2. The van der Waals surface area contributed by atoms with Crippen LogP contribution >= 0.6 is 0 Å². The molecule has 9 rings (SSSR count). The first-order valence-electron chi connectivity index (χ1n) is 17.8. The fourth-order valence-corrected chi connectivity index (χ4v) is 7.74. The molecule has 244 valence electrons. The largest absolute Gasteiger partial charge is 0.311 e. The van der Waals surface area contributed by atoms with Gasteiger partial charge in [-0.05, 0) is 94.4 Å². The van der Waals surface area contributed by atoms with Crippen LogP contribution in [-0.4, -0.2) is 4.57 Å². The van der Waals surface area contributed by atoms with E-state index in [1.54, 1.807) is 0 Å². The minimum atomic E-state index is 0.349. The van der Waals surface area contributed by atoms with Crippen LogP contribution in [0.2, 0.25) is 0 Å². The highest BCUT2D eigenvalue weighted by Crippen LogP contribution is 2.40. The van der Waals surface area contributed by atoms with Crippen LogP contribution in [0.5, 0.6) is 0 Å². The lowest BCUT2D eigenvalue weighted by Crippen LogP contribution is -2.20. The van der Waals surface area contributed by atoms with E-state index in [9.17, 15) is 0 Å². The van der Waals surface area contributed by atoms with Crippen molar-refractivity contribution in [3.63, 3.8) is 0 Å². The van der Waals surface area contributed by atoms with Crippen molar-refractivity contribution in [2.45, 2.75) is 12.8 Å². The van der Waals surface area contributed by atoms with E-state index in [0.29, 0.717) is 11.8 Å². The quantitative estimate of drug-likeness (QED) is 0.166. The van der Waals surface area contributed by atoms with Crippen LogP contribution in [0.4, 0.5) is 11.4 Å². The van der Waals surface area contributed by atoms with Crippen LogP contribution in [0.25, 0.3) is 49.7 Å². The summed E-state index contributed by atoms with van der Waals surface area (Å²) in [4.78, 5) is 2.39. The van der Waals surface area contributed by atoms with Gasteiger partial charge in [-0.25, -0.2) is 0 Å². The Kier molecular flexibility index (Phi) is 7.91. The number of nitrogens with zero attached hydrogens (tertiary/aromatic N) is 2. The van der Waals surface area contributed by atoms with E-state index in [1.165, 1.54) is 61.0 Å². The van der Waals surface area contributed by atoms with Crippen molar-refractivity contribution in [2.75, 3.05) is 4.90 Å². The van der Waals surface area contributed by atoms with Gasteiger partial charge in [0.1, 0.15) is 0 Å². The summed E-state index contributed by atoms with van der Waals surface area (Å²) in [6, 6.07) is 65.7. The molecule has 2 heteroatoms. The Morgan fingerprint density at radius 3 is 1.67 bits per heavy atom. The summed E-state index contributed by atoms with van der Waals surface area (Å²) in [5, 5.41) is 2.52. The summed E-state index contributed by atoms with van der Waals surface area (Å²) in [5.41, 5.74) is 13.3. The number of aromatic nitrogens is 1. The van der Waals surface area contributed by atoms with Gasteiger partial charge in [0.05, 0.1) is 11.0 Å². The summed E-state index contributed by atoms with van der Waals surface area (Å²) in [6.07, 6.45) is 7.09. The van der Waals surface area contributed by atoms with Crippen molar-refractivity contribution in [2.24, 2.45) is 5.92 Å². The van der Waals surface area contributed by atoms with Gasteiger partial charge in [0.25, 0.3) is 0 Å². The average Bonchev–Trinajstić information content (AvgIpc) is 3.53. The second kappa shape index (κ2) is 13.2. The van der Waals surface area contributed by atoms with E-state index >= 15 is 0 Å². The SMILES string of the molecule is CC1C=C(N(c2ccc(-c3ccccc3)cc2)c2ccc(-c3ccc4c(c3)c3ccccc3n4-c3ccccc3)cc2)C=CC1c1ccccc1. The topological polar surface area (TPSA) is 8.17 Å². The Hall–Kier alpha value is -6.38. The summed E-state index contributed by atoms with van der Waals surface area (Å²) in [5.74, 6) is 0.699. The lowest BCUT2D eigenvalue weighted by atomic mass is 9.83. The fourth-order valence-electron chi connectivity index (χ4n) is 7.74. The van der Waals surface area contributed by atoms with Crippen molar-refractivity contribution in [1.82, 2.24) is 4.57 Å². The molecule has 0 spiro atoms. The van der Waals surface area contributed by atoms with Crippen LogP contribution in [0.15, 0.2) is 206 Å². The van der Waals surface area contributed by atoms with Gasteiger partial charge in [0, 0.05) is 39.4 Å². The van der Waals surface area contributed by atoms with Gasteiger partial charge in [0.2, 0.25) is 0 Å². The standard InChI is InChI=1S/C49H38N2/c1-35-33-44(30-31-45(35)39-15-7-3-8-16-39)50(42-26-21-37(22-27-42)36-13-5-2-6-14-36)43-28-23-38(24-29-43)40-25-32-49-47(34-40)46-19-11-12-20-48(46)51(49)41-17-9-4-10-18-41/h2-35,45H,1H3. The number of fused-ring (bicyclic) bond motifs is 3. The molecule has 0 aliphatic heterocycles. The van der Waals surface area contributed by atoms with Crippen molar-refractivity contribution >= 4 is 33.2 Å². The van der Waals surface area contributed by atoms with Gasteiger partial charge in [-0.15, -0.1) is 0 Å². The highest BCUT2D eigenvalue weighted by Gasteiger charge is 2.23. The third kappa shape index (κ3) is 5.75. The molecular formula is C49H38N2. The van der Waals surface area contributed by atoms with Crippen LogP contribution in [0.1, 0.15) is 18.4 Å². The summed E-state index contributed by atoms with van der Waals surface area (Å²) < 4.78 is 2.37. The molecule has 0 saturated carbocycles. The number of hydrogen-bond acceptors (Lipinski definition) is 1. The Balaban J connectivity index is 1.09. The molecule has 0 radical (unpaired) electrons. The Labute approximate surface area is 299 Å². The maximum absolute atomic E-state index is 2.42. The van der Waals surface area contributed by atoms with Crippen LogP contribution in [0.3, 0.4) is 0 Å². The van der Waals surface area contributed by atoms with Crippen LogP contribution < -0.4 is 4.90 Å². The molecule has 2 unspecified atom stereocenters. The molecule has 8 aromatic rings. The minimum Gasteiger partial charge on any atom is -0.311 e. The molecule has 7 aromatic carbocycles. The van der Waals surface area contributed by atoms with Gasteiger partial charge in [-0.3, -0.25) is 0 Å². The number of para-hydroxylation sites is 2. The molecular weight excluding hydrogens is 617 g/mol. The first kappa shape index (κ1) is 30.7. The fraction of sp³-hybridized carbons (Fsp3) is 0.0612. The molecule has 1 aliphatic carbocycles. The molecule has 1 aromatic heterocycles. The van der Waals surface area contributed by atoms with Gasteiger partial charge >= 0.3 is 0 Å². The van der Waals surface area contributed by atoms with E-state index in [-0.39, 0.29) is 0 Å². The molecule has 0 bridgehead atoms. The van der Waals surface area contributed by atoms with Crippen molar-refractivity contribution in [3.8, 4) is 27.9 Å². The van der Waals surface area contributed by atoms with E-state index < -0.39 is 0 Å². The zero-order valence-corrected chi connectivity index (χ0v) is 28.6. The predicted molar refractivity (Wildman–Crippen MR) is 216 cm³/mol. The maximum atomic E-state index is 2.42. The molecule has 0 amide bonds. The Bertz CT molecular complexity index is 2510. The van der Waals surface area contributed by atoms with Crippen molar-refractivity contribution in [1.29, 1.82) is 0 Å². The molecule has 0 fully saturated rings. The van der Waals surface area contributed by atoms with Gasteiger partial charge in [-0.2, -0.15) is 0 Å². The summed E-state index contributed by atoms with van der Waals surface area (Å²) >= 11 is 0. The Morgan fingerprint density at radius 1 is 0.471 bits per heavy atom. The number of allylic oxidation sites excluding steroid dienone is 3. The second-order valence-electron chi connectivity index (χ2n) is 13.5. The molecule has 0 N–H and O–H groups in total. The first-order valence-corrected chi connectivity index (χ1v) is 17.8. The van der Waals surface area contributed by atoms with E-state index in [0.717, 1.165) is 11.4 Å². The molecule has 2 nitrogen and oxygen atoms in total. The third-order valence-electron chi connectivity index (χ3n) is 10.3. The zero-order chi connectivity index (χ0) is 34.1. The minimum absolute atomic E-state index is 0.349. The number of benzene rings is 7.